The van der Waals surface area contributed by atoms with Crippen molar-refractivity contribution in [3.8, 4) is 17.5 Å². The van der Waals surface area contributed by atoms with Crippen molar-refractivity contribution in [1.82, 2.24) is 14.7 Å². The number of nitrogens with two attached hydrogens (primary N) is 1. The number of carbonyl (C=O) groups is 2. The quantitative estimate of drug-likeness (QED) is 0.494. The molecule has 3 rings (SSSR count). The van der Waals surface area contributed by atoms with Gasteiger partial charge < -0.3 is 15.7 Å². The summed E-state index contributed by atoms with van der Waals surface area (Å²) in [6.45, 7) is 2.02. The van der Waals surface area contributed by atoms with E-state index in [-0.39, 0.29) is 5.69 Å². The highest BCUT2D eigenvalue weighted by atomic mass is 16.3. The molecule has 0 bridgehead atoms. The molecule has 29 heavy (non-hydrogen) atoms. The molecular weight excluding hydrogens is 368 g/mol. The number of primary amides is 1. The van der Waals surface area contributed by atoms with Crippen LogP contribution in [0.25, 0.3) is 16.6 Å². The maximum absolute atomic E-state index is 11.7. The fourth-order valence-electron chi connectivity index (χ4n) is 2.88. The fraction of sp³-hybridized carbons (Fsp3) is 0.227. The van der Waals surface area contributed by atoms with Gasteiger partial charge in [-0.15, -0.1) is 0 Å². The van der Waals surface area contributed by atoms with Gasteiger partial charge in [0.1, 0.15) is 5.60 Å². The Labute approximate surface area is 168 Å². The van der Waals surface area contributed by atoms with E-state index in [1.54, 1.807) is 24.7 Å². The van der Waals surface area contributed by atoms with Gasteiger partial charge >= 0.3 is 0 Å². The van der Waals surface area contributed by atoms with Crippen LogP contribution in [0.15, 0.2) is 48.5 Å². The van der Waals surface area contributed by atoms with Gasteiger partial charge in [-0.2, -0.15) is 5.10 Å². The molecule has 1 atom stereocenters. The summed E-state index contributed by atoms with van der Waals surface area (Å²) < 4.78 is 1.65. The topological polar surface area (TPSA) is 101 Å². The van der Waals surface area contributed by atoms with Crippen LogP contribution in [0.2, 0.25) is 0 Å². The normalized spacial score (nSPS) is 12.7. The molecule has 3 aromatic rings. The Morgan fingerprint density at radius 2 is 2.07 bits per heavy atom. The first-order valence-corrected chi connectivity index (χ1v) is 9.10. The maximum Gasteiger partial charge on any atom is 0.269 e. The van der Waals surface area contributed by atoms with Crippen LogP contribution in [0.5, 0.6) is 0 Å². The lowest BCUT2D eigenvalue weighted by Gasteiger charge is -2.19. The largest absolute Gasteiger partial charge is 0.378 e. The highest BCUT2D eigenvalue weighted by molar-refractivity contribution is 6.04. The molecule has 0 radical (unpaired) electrons. The van der Waals surface area contributed by atoms with Gasteiger partial charge in [0.05, 0.1) is 11.2 Å². The van der Waals surface area contributed by atoms with Crippen molar-refractivity contribution >= 4 is 23.2 Å². The molecule has 0 aliphatic heterocycles. The van der Waals surface area contributed by atoms with Crippen LogP contribution in [0.3, 0.4) is 0 Å². The van der Waals surface area contributed by atoms with E-state index < -0.39 is 11.5 Å². The lowest BCUT2D eigenvalue weighted by atomic mass is 10.0. The second-order valence-corrected chi connectivity index (χ2v) is 7.05. The van der Waals surface area contributed by atoms with E-state index >= 15 is 0 Å². The average Bonchev–Trinajstić information content (AvgIpc) is 3.11. The first kappa shape index (κ1) is 20.1. The Kier molecular flexibility index (Phi) is 5.66. The zero-order chi connectivity index (χ0) is 21.0. The Hall–Kier alpha value is -3.63. The van der Waals surface area contributed by atoms with E-state index in [1.807, 2.05) is 42.5 Å². The summed E-state index contributed by atoms with van der Waals surface area (Å²) in [5.41, 5.74) is 6.61. The summed E-state index contributed by atoms with van der Waals surface area (Å²) in [5, 5.41) is 15.5. The minimum Gasteiger partial charge on any atom is -0.378 e. The third-order valence-electron chi connectivity index (χ3n) is 4.52. The molecule has 148 valence electrons. The molecule has 7 heteroatoms. The zero-order valence-corrected chi connectivity index (χ0v) is 16.3. The molecule has 0 saturated carbocycles. The summed E-state index contributed by atoms with van der Waals surface area (Å²) in [4.78, 5) is 23.9. The standard InChI is InChI=1S/C22H22N4O3/c1-22(29,12-13-25(2)15-27)11-10-16-6-5-7-17(14-16)26-19-9-4-3-8-18(19)20(24-26)21(23)28/h3-9,14-15,29H,12-13H2,1-2H3,(H2,23,28). The average molecular weight is 390 g/mol. The van der Waals surface area contributed by atoms with Crippen LogP contribution in [-0.4, -0.2) is 51.3 Å². The fourth-order valence-corrected chi connectivity index (χ4v) is 2.88. The molecule has 1 heterocycles. The van der Waals surface area contributed by atoms with Crippen molar-refractivity contribution in [2.75, 3.05) is 13.6 Å². The molecule has 2 aromatic carbocycles. The molecule has 0 fully saturated rings. The number of fused-ring (bicyclic) bond motifs is 1. The molecule has 0 saturated heterocycles. The van der Waals surface area contributed by atoms with E-state index in [4.69, 9.17) is 5.73 Å². The number of nitrogens with zero attached hydrogens (tertiary/aromatic N) is 3. The smallest absolute Gasteiger partial charge is 0.269 e. The lowest BCUT2D eigenvalue weighted by molar-refractivity contribution is -0.117. The van der Waals surface area contributed by atoms with Crippen molar-refractivity contribution in [2.24, 2.45) is 5.73 Å². The molecule has 0 aliphatic rings. The lowest BCUT2D eigenvalue weighted by Crippen LogP contribution is -2.29. The first-order chi connectivity index (χ1) is 13.8. The number of hydrogen-bond acceptors (Lipinski definition) is 4. The van der Waals surface area contributed by atoms with E-state index in [0.717, 1.165) is 11.2 Å². The van der Waals surface area contributed by atoms with Gasteiger partial charge in [0, 0.05) is 31.0 Å². The van der Waals surface area contributed by atoms with E-state index in [9.17, 15) is 14.7 Å². The number of aromatic nitrogens is 2. The highest BCUT2D eigenvalue weighted by Crippen LogP contribution is 2.22. The van der Waals surface area contributed by atoms with Gasteiger partial charge in [-0.25, -0.2) is 4.68 Å². The number of hydrogen-bond donors (Lipinski definition) is 2. The number of carbonyl (C=O) groups excluding carboxylic acids is 2. The summed E-state index contributed by atoms with van der Waals surface area (Å²) >= 11 is 0. The Morgan fingerprint density at radius 3 is 2.79 bits per heavy atom. The molecule has 1 aromatic heterocycles. The van der Waals surface area contributed by atoms with Crippen LogP contribution in [0.1, 0.15) is 29.4 Å². The monoisotopic (exact) mass is 390 g/mol. The second-order valence-electron chi connectivity index (χ2n) is 7.05. The van der Waals surface area contributed by atoms with Crippen LogP contribution >= 0.6 is 0 Å². The Bertz CT molecular complexity index is 1120. The molecule has 2 amide bonds. The molecule has 0 aliphatic carbocycles. The maximum atomic E-state index is 11.7. The van der Waals surface area contributed by atoms with E-state index in [2.05, 4.69) is 16.9 Å². The van der Waals surface area contributed by atoms with Crippen LogP contribution in [0, 0.1) is 11.8 Å². The minimum absolute atomic E-state index is 0.208. The predicted molar refractivity (Wildman–Crippen MR) is 110 cm³/mol. The van der Waals surface area contributed by atoms with Gasteiger partial charge in [0.15, 0.2) is 5.69 Å². The minimum atomic E-state index is -1.23. The first-order valence-electron chi connectivity index (χ1n) is 9.10. The van der Waals surface area contributed by atoms with E-state index in [0.29, 0.717) is 30.3 Å². The van der Waals surface area contributed by atoms with Gasteiger partial charge in [0.2, 0.25) is 6.41 Å². The van der Waals surface area contributed by atoms with Gasteiger partial charge in [-0.1, -0.05) is 36.1 Å². The van der Waals surface area contributed by atoms with Crippen molar-refractivity contribution in [3.63, 3.8) is 0 Å². The van der Waals surface area contributed by atoms with E-state index in [1.165, 1.54) is 4.90 Å². The summed E-state index contributed by atoms with van der Waals surface area (Å²) in [7, 11) is 1.65. The van der Waals surface area contributed by atoms with Gasteiger partial charge in [-0.3, -0.25) is 9.59 Å². The Morgan fingerprint density at radius 1 is 1.31 bits per heavy atom. The molecule has 1 unspecified atom stereocenters. The summed E-state index contributed by atoms with van der Waals surface area (Å²) in [5.74, 6) is 5.24. The van der Waals surface area contributed by atoms with Crippen molar-refractivity contribution in [1.29, 1.82) is 0 Å². The number of aliphatic hydroxyl groups is 1. The third kappa shape index (κ3) is 4.62. The van der Waals surface area contributed by atoms with Gasteiger partial charge in [0.25, 0.3) is 5.91 Å². The highest BCUT2D eigenvalue weighted by Gasteiger charge is 2.18. The zero-order valence-electron chi connectivity index (χ0n) is 16.3. The van der Waals surface area contributed by atoms with Crippen LogP contribution in [0.4, 0.5) is 0 Å². The van der Waals surface area contributed by atoms with Crippen molar-refractivity contribution < 1.29 is 14.7 Å². The summed E-state index contributed by atoms with van der Waals surface area (Å²) in [6, 6.07) is 14.7. The molecule has 3 N–H and O–H groups in total. The summed E-state index contributed by atoms with van der Waals surface area (Å²) in [6.07, 6.45) is 1.04. The number of para-hydroxylation sites is 1. The van der Waals surface area contributed by atoms with Crippen LogP contribution in [-0.2, 0) is 4.79 Å². The number of benzene rings is 2. The predicted octanol–water partition coefficient (Wildman–Crippen LogP) is 1.71. The second kappa shape index (κ2) is 8.17. The SMILES string of the molecule is CN(C=O)CCC(C)(O)C#Cc1cccc(-n2nc(C(N)=O)c3ccccc32)c1. The number of amides is 2. The van der Waals surface area contributed by atoms with Crippen molar-refractivity contribution in [3.05, 3.63) is 59.8 Å². The van der Waals surface area contributed by atoms with Gasteiger partial charge in [-0.05, 0) is 31.2 Å². The molecule has 7 nitrogen and oxygen atoms in total. The number of rotatable bonds is 6. The third-order valence-corrected chi connectivity index (χ3v) is 4.52. The molecule has 0 spiro atoms. The molecular formula is C22H22N4O3. The Balaban J connectivity index is 1.93. The van der Waals surface area contributed by atoms with Crippen LogP contribution < -0.4 is 5.73 Å². The van der Waals surface area contributed by atoms with Crippen molar-refractivity contribution in [2.45, 2.75) is 18.9 Å².